The smallest absolute Gasteiger partial charge is 0.323 e. The minimum absolute atomic E-state index is 0.0262. The van der Waals surface area contributed by atoms with Crippen LogP contribution in [0.1, 0.15) is 31.9 Å². The van der Waals surface area contributed by atoms with Gasteiger partial charge in [0.15, 0.2) is 0 Å². The number of aliphatic carboxylic acids is 1. The molecule has 0 fully saturated rings. The Hall–Kier alpha value is -1.93. The van der Waals surface area contributed by atoms with Crippen molar-refractivity contribution >= 4 is 5.97 Å². The zero-order valence-electron chi connectivity index (χ0n) is 11.3. The highest BCUT2D eigenvalue weighted by Crippen LogP contribution is 2.19. The average Bonchev–Trinajstić information content (AvgIpc) is 2.37. The van der Waals surface area contributed by atoms with Crippen molar-refractivity contribution in [3.8, 4) is 6.07 Å². The summed E-state index contributed by atoms with van der Waals surface area (Å²) >= 11 is 0. The van der Waals surface area contributed by atoms with Gasteiger partial charge in [-0.05, 0) is 38.1 Å². The van der Waals surface area contributed by atoms with Gasteiger partial charge in [0.1, 0.15) is 17.4 Å². The van der Waals surface area contributed by atoms with E-state index in [0.29, 0.717) is 18.7 Å². The van der Waals surface area contributed by atoms with Gasteiger partial charge in [-0.1, -0.05) is 13.0 Å². The van der Waals surface area contributed by atoms with Crippen molar-refractivity contribution < 1.29 is 14.3 Å². The molecule has 102 valence electrons. The molecule has 1 aromatic rings. The van der Waals surface area contributed by atoms with Gasteiger partial charge in [-0.3, -0.25) is 9.69 Å². The van der Waals surface area contributed by atoms with Crippen molar-refractivity contribution in [1.29, 1.82) is 5.26 Å². The Morgan fingerprint density at radius 1 is 1.53 bits per heavy atom. The summed E-state index contributed by atoms with van der Waals surface area (Å²) in [5.74, 6) is -1.48. The molecular weight excluding hydrogens is 247 g/mol. The number of carbonyl (C=O) groups is 1. The van der Waals surface area contributed by atoms with Crippen molar-refractivity contribution in [2.45, 2.75) is 32.9 Å². The van der Waals surface area contributed by atoms with Gasteiger partial charge in [0.25, 0.3) is 0 Å². The van der Waals surface area contributed by atoms with Gasteiger partial charge in [0, 0.05) is 6.54 Å². The SMILES string of the molecule is CCN(Cc1ccc(F)c(C#N)c1)C(C)(C)C(=O)O. The number of rotatable bonds is 5. The molecule has 0 aliphatic heterocycles. The molecule has 0 unspecified atom stereocenters. The van der Waals surface area contributed by atoms with Crippen molar-refractivity contribution in [1.82, 2.24) is 4.90 Å². The van der Waals surface area contributed by atoms with Crippen molar-refractivity contribution in [2.24, 2.45) is 0 Å². The second kappa shape index (κ2) is 5.81. The molecule has 0 aliphatic carbocycles. The summed E-state index contributed by atoms with van der Waals surface area (Å²) in [4.78, 5) is 13.0. The van der Waals surface area contributed by atoms with E-state index in [-0.39, 0.29) is 5.56 Å². The number of hydrogen-bond donors (Lipinski definition) is 1. The van der Waals surface area contributed by atoms with Crippen LogP contribution in [0.15, 0.2) is 18.2 Å². The van der Waals surface area contributed by atoms with E-state index in [9.17, 15) is 14.3 Å². The second-order valence-electron chi connectivity index (χ2n) is 4.80. The molecular formula is C14H17FN2O2. The quantitative estimate of drug-likeness (QED) is 0.886. The Morgan fingerprint density at radius 2 is 2.16 bits per heavy atom. The first-order valence-corrected chi connectivity index (χ1v) is 6.00. The molecule has 0 saturated carbocycles. The Labute approximate surface area is 112 Å². The normalized spacial score (nSPS) is 11.4. The van der Waals surface area contributed by atoms with Gasteiger partial charge >= 0.3 is 5.97 Å². The third-order valence-corrected chi connectivity index (χ3v) is 3.22. The lowest BCUT2D eigenvalue weighted by Gasteiger charge is -2.34. The second-order valence-corrected chi connectivity index (χ2v) is 4.80. The summed E-state index contributed by atoms with van der Waals surface area (Å²) in [6, 6.07) is 6.03. The van der Waals surface area contributed by atoms with E-state index < -0.39 is 17.3 Å². The van der Waals surface area contributed by atoms with E-state index >= 15 is 0 Å². The Morgan fingerprint density at radius 3 is 2.63 bits per heavy atom. The average molecular weight is 264 g/mol. The molecule has 1 N–H and O–H groups in total. The van der Waals surface area contributed by atoms with Crippen LogP contribution in [0.3, 0.4) is 0 Å². The number of carboxylic acid groups (broad SMARTS) is 1. The first-order valence-electron chi connectivity index (χ1n) is 6.00. The van der Waals surface area contributed by atoms with Crippen LogP contribution in [0.2, 0.25) is 0 Å². The van der Waals surface area contributed by atoms with Crippen molar-refractivity contribution in [3.05, 3.63) is 35.1 Å². The van der Waals surface area contributed by atoms with E-state index in [0.717, 1.165) is 0 Å². The Balaban J connectivity index is 3.00. The first-order chi connectivity index (χ1) is 8.82. The number of hydrogen-bond acceptors (Lipinski definition) is 3. The predicted octanol–water partition coefficient (Wildman–Crippen LogP) is 2.38. The van der Waals surface area contributed by atoms with Gasteiger partial charge < -0.3 is 5.11 Å². The van der Waals surface area contributed by atoms with E-state index in [1.54, 1.807) is 30.9 Å². The maximum Gasteiger partial charge on any atom is 0.323 e. The van der Waals surface area contributed by atoms with E-state index in [2.05, 4.69) is 0 Å². The molecule has 0 spiro atoms. The summed E-state index contributed by atoms with van der Waals surface area (Å²) in [6.45, 7) is 5.99. The lowest BCUT2D eigenvalue weighted by molar-refractivity contribution is -0.149. The molecule has 0 aliphatic rings. The van der Waals surface area contributed by atoms with Crippen LogP contribution >= 0.6 is 0 Å². The number of nitriles is 1. The highest BCUT2D eigenvalue weighted by atomic mass is 19.1. The number of benzene rings is 1. The summed E-state index contributed by atoms with van der Waals surface area (Å²) < 4.78 is 13.2. The molecule has 1 aromatic carbocycles. The molecule has 0 bridgehead atoms. The zero-order chi connectivity index (χ0) is 14.6. The van der Waals surface area contributed by atoms with E-state index in [1.165, 1.54) is 12.1 Å². The molecule has 0 saturated heterocycles. The third-order valence-electron chi connectivity index (χ3n) is 3.22. The lowest BCUT2D eigenvalue weighted by Crippen LogP contribution is -2.49. The standard InChI is InChI=1S/C14H17FN2O2/c1-4-17(14(2,3)13(18)19)9-10-5-6-12(15)11(7-10)8-16/h5-7H,4,9H2,1-3H3,(H,18,19). The van der Waals surface area contributed by atoms with Crippen LogP contribution in [-0.2, 0) is 11.3 Å². The van der Waals surface area contributed by atoms with E-state index in [1.807, 2.05) is 6.92 Å². The van der Waals surface area contributed by atoms with Gasteiger partial charge in [-0.2, -0.15) is 5.26 Å². The molecule has 0 amide bonds. The minimum Gasteiger partial charge on any atom is -0.480 e. The van der Waals surface area contributed by atoms with Crippen LogP contribution in [-0.4, -0.2) is 28.1 Å². The van der Waals surface area contributed by atoms with Crippen LogP contribution in [0.25, 0.3) is 0 Å². The summed E-state index contributed by atoms with van der Waals surface area (Å²) in [7, 11) is 0. The summed E-state index contributed by atoms with van der Waals surface area (Å²) in [6.07, 6.45) is 0. The molecule has 19 heavy (non-hydrogen) atoms. The first kappa shape index (κ1) is 15.1. The molecule has 4 nitrogen and oxygen atoms in total. The zero-order valence-corrected chi connectivity index (χ0v) is 11.3. The largest absolute Gasteiger partial charge is 0.480 e. The summed E-state index contributed by atoms with van der Waals surface area (Å²) in [5.41, 5.74) is -0.327. The fourth-order valence-corrected chi connectivity index (χ4v) is 1.82. The maximum absolute atomic E-state index is 13.2. The van der Waals surface area contributed by atoms with Crippen molar-refractivity contribution in [3.63, 3.8) is 0 Å². The molecule has 0 atom stereocenters. The van der Waals surface area contributed by atoms with Gasteiger partial charge in [-0.25, -0.2) is 4.39 Å². The van der Waals surface area contributed by atoms with Crippen LogP contribution < -0.4 is 0 Å². The predicted molar refractivity (Wildman–Crippen MR) is 68.9 cm³/mol. The highest BCUT2D eigenvalue weighted by molar-refractivity contribution is 5.77. The van der Waals surface area contributed by atoms with E-state index in [4.69, 9.17) is 5.26 Å². The topological polar surface area (TPSA) is 64.3 Å². The van der Waals surface area contributed by atoms with Crippen LogP contribution in [0, 0.1) is 17.1 Å². The maximum atomic E-state index is 13.2. The van der Waals surface area contributed by atoms with Gasteiger partial charge in [0.05, 0.1) is 5.56 Å². The molecule has 0 heterocycles. The van der Waals surface area contributed by atoms with Crippen LogP contribution in [0.5, 0.6) is 0 Å². The van der Waals surface area contributed by atoms with Gasteiger partial charge in [-0.15, -0.1) is 0 Å². The van der Waals surface area contributed by atoms with Crippen molar-refractivity contribution in [2.75, 3.05) is 6.54 Å². The highest BCUT2D eigenvalue weighted by Gasteiger charge is 2.33. The number of nitrogens with zero attached hydrogens (tertiary/aromatic N) is 2. The molecule has 1 rings (SSSR count). The summed E-state index contributed by atoms with van der Waals surface area (Å²) in [5, 5.41) is 18.0. The Kier molecular flexibility index (Phi) is 4.62. The van der Waals surface area contributed by atoms with Gasteiger partial charge in [0.2, 0.25) is 0 Å². The Bertz CT molecular complexity index is 521. The minimum atomic E-state index is -1.02. The fourth-order valence-electron chi connectivity index (χ4n) is 1.82. The molecule has 0 aromatic heterocycles. The third kappa shape index (κ3) is 3.30. The number of likely N-dealkylation sites (N-methyl/N-ethyl adjacent to an activating group) is 1. The number of carboxylic acids is 1. The lowest BCUT2D eigenvalue weighted by atomic mass is 10.0. The number of halogens is 1. The van der Waals surface area contributed by atoms with Crippen LogP contribution in [0.4, 0.5) is 4.39 Å². The molecule has 0 radical (unpaired) electrons. The fraction of sp³-hybridized carbons (Fsp3) is 0.429. The molecule has 5 heteroatoms. The monoisotopic (exact) mass is 264 g/mol.